The van der Waals surface area contributed by atoms with E-state index in [0.717, 1.165) is 17.7 Å². The number of amides is 1. The minimum atomic E-state index is -0.304. The number of carbonyl (C=O) groups excluding carboxylic acids is 2. The van der Waals surface area contributed by atoms with Gasteiger partial charge in [-0.05, 0) is 31.0 Å². The SMILES string of the molecule is CCCCCCCCc1cc(C(=O)c2ccccc2OC)c(NC(=O)CN)s1. The molecule has 0 unspecified atom stereocenters. The van der Waals surface area contributed by atoms with Gasteiger partial charge in [0.15, 0.2) is 5.78 Å². The molecule has 1 amide bonds. The lowest BCUT2D eigenvalue weighted by Crippen LogP contribution is -2.22. The predicted molar refractivity (Wildman–Crippen MR) is 116 cm³/mol. The zero-order valence-electron chi connectivity index (χ0n) is 16.8. The molecule has 0 saturated carbocycles. The van der Waals surface area contributed by atoms with Crippen LogP contribution in [0.1, 0.15) is 66.2 Å². The average Bonchev–Trinajstić information content (AvgIpc) is 3.12. The molecule has 28 heavy (non-hydrogen) atoms. The van der Waals surface area contributed by atoms with Gasteiger partial charge in [-0.2, -0.15) is 0 Å². The molecule has 0 aliphatic carbocycles. The Kier molecular flexibility index (Phi) is 9.17. The van der Waals surface area contributed by atoms with Gasteiger partial charge in [0.1, 0.15) is 10.8 Å². The van der Waals surface area contributed by atoms with Gasteiger partial charge in [-0.25, -0.2) is 0 Å². The fourth-order valence-electron chi connectivity index (χ4n) is 3.06. The lowest BCUT2D eigenvalue weighted by atomic mass is 10.0. The number of benzene rings is 1. The molecule has 0 spiro atoms. The topological polar surface area (TPSA) is 81.4 Å². The Morgan fingerprint density at radius 3 is 2.50 bits per heavy atom. The number of methoxy groups -OCH3 is 1. The van der Waals surface area contributed by atoms with E-state index >= 15 is 0 Å². The molecule has 6 heteroatoms. The van der Waals surface area contributed by atoms with Crippen LogP contribution in [-0.2, 0) is 11.2 Å². The summed E-state index contributed by atoms with van der Waals surface area (Å²) in [6.07, 6.45) is 8.20. The van der Waals surface area contributed by atoms with E-state index in [-0.39, 0.29) is 18.2 Å². The van der Waals surface area contributed by atoms with Gasteiger partial charge >= 0.3 is 0 Å². The predicted octanol–water partition coefficient (Wildman–Crippen LogP) is 4.79. The van der Waals surface area contributed by atoms with Crippen molar-refractivity contribution in [2.24, 2.45) is 5.73 Å². The van der Waals surface area contributed by atoms with Crippen LogP contribution in [0.2, 0.25) is 0 Å². The zero-order chi connectivity index (χ0) is 20.4. The first-order chi connectivity index (χ1) is 13.6. The lowest BCUT2D eigenvalue weighted by molar-refractivity contribution is -0.114. The molecule has 0 radical (unpaired) electrons. The van der Waals surface area contributed by atoms with Crippen molar-refractivity contribution in [1.82, 2.24) is 0 Å². The summed E-state index contributed by atoms with van der Waals surface area (Å²) < 4.78 is 5.32. The Labute approximate surface area is 171 Å². The molecule has 3 N–H and O–H groups in total. The van der Waals surface area contributed by atoms with Crippen LogP contribution < -0.4 is 15.8 Å². The molecule has 0 atom stereocenters. The maximum absolute atomic E-state index is 13.1. The molecule has 0 bridgehead atoms. The van der Waals surface area contributed by atoms with Crippen molar-refractivity contribution in [1.29, 1.82) is 0 Å². The van der Waals surface area contributed by atoms with Crippen molar-refractivity contribution in [3.63, 3.8) is 0 Å². The number of rotatable bonds is 12. The Hall–Kier alpha value is -2.18. The van der Waals surface area contributed by atoms with Crippen LogP contribution >= 0.6 is 11.3 Å². The largest absolute Gasteiger partial charge is 0.496 e. The molecular weight excluding hydrogens is 372 g/mol. The number of nitrogens with two attached hydrogens (primary N) is 1. The number of unbranched alkanes of at least 4 members (excludes halogenated alkanes) is 5. The molecule has 1 heterocycles. The third-order valence-corrected chi connectivity index (χ3v) is 5.70. The highest BCUT2D eigenvalue weighted by Crippen LogP contribution is 2.33. The van der Waals surface area contributed by atoms with Crippen molar-refractivity contribution in [3.05, 3.63) is 46.3 Å². The summed E-state index contributed by atoms with van der Waals surface area (Å²) in [4.78, 5) is 26.0. The van der Waals surface area contributed by atoms with Gasteiger partial charge in [0.05, 0.1) is 24.8 Å². The highest BCUT2D eigenvalue weighted by atomic mass is 32.1. The van der Waals surface area contributed by atoms with Gasteiger partial charge in [-0.1, -0.05) is 51.2 Å². The maximum atomic E-state index is 13.1. The molecule has 5 nitrogen and oxygen atoms in total. The van der Waals surface area contributed by atoms with E-state index in [0.29, 0.717) is 21.9 Å². The summed E-state index contributed by atoms with van der Waals surface area (Å²) >= 11 is 1.46. The van der Waals surface area contributed by atoms with E-state index in [1.807, 2.05) is 12.1 Å². The second kappa shape index (κ2) is 11.6. The summed E-state index contributed by atoms with van der Waals surface area (Å²) in [7, 11) is 1.54. The number of hydrogen-bond donors (Lipinski definition) is 2. The number of anilines is 1. The number of ketones is 1. The zero-order valence-corrected chi connectivity index (χ0v) is 17.6. The van der Waals surface area contributed by atoms with E-state index in [9.17, 15) is 9.59 Å². The van der Waals surface area contributed by atoms with Crippen LogP contribution in [0, 0.1) is 0 Å². The second-order valence-electron chi connectivity index (χ2n) is 6.75. The minimum Gasteiger partial charge on any atom is -0.496 e. The number of para-hydroxylation sites is 1. The Balaban J connectivity index is 2.17. The number of nitrogens with one attached hydrogen (secondary N) is 1. The monoisotopic (exact) mass is 402 g/mol. The first-order valence-corrected chi connectivity index (χ1v) is 10.7. The lowest BCUT2D eigenvalue weighted by Gasteiger charge is -2.08. The first-order valence-electron chi connectivity index (χ1n) is 9.91. The number of hydrogen-bond acceptors (Lipinski definition) is 5. The molecule has 0 aliphatic heterocycles. The minimum absolute atomic E-state index is 0.118. The fourth-order valence-corrected chi connectivity index (χ4v) is 4.17. The van der Waals surface area contributed by atoms with Crippen LogP contribution in [-0.4, -0.2) is 25.3 Å². The standard InChI is InChI=1S/C22H30N2O3S/c1-3-4-5-6-7-8-11-16-14-18(22(28-16)24-20(25)15-23)21(26)17-12-9-10-13-19(17)27-2/h9-10,12-14H,3-8,11,15,23H2,1-2H3,(H,24,25). The van der Waals surface area contributed by atoms with Gasteiger partial charge in [-0.15, -0.1) is 11.3 Å². The van der Waals surface area contributed by atoms with Crippen LogP contribution in [0.3, 0.4) is 0 Å². The summed E-state index contributed by atoms with van der Waals surface area (Å²) in [6, 6.07) is 9.02. The molecule has 1 aromatic carbocycles. The van der Waals surface area contributed by atoms with E-state index < -0.39 is 0 Å². The summed E-state index contributed by atoms with van der Waals surface area (Å²) in [5.41, 5.74) is 6.42. The van der Waals surface area contributed by atoms with E-state index in [4.69, 9.17) is 10.5 Å². The van der Waals surface area contributed by atoms with Gasteiger partial charge in [0.25, 0.3) is 0 Å². The fraction of sp³-hybridized carbons (Fsp3) is 0.455. The molecule has 152 valence electrons. The Morgan fingerprint density at radius 1 is 1.07 bits per heavy atom. The van der Waals surface area contributed by atoms with Crippen LogP contribution in [0.5, 0.6) is 5.75 Å². The number of ether oxygens (including phenoxy) is 1. The Bertz CT molecular complexity index is 786. The smallest absolute Gasteiger partial charge is 0.238 e. The summed E-state index contributed by atoms with van der Waals surface area (Å²) in [6.45, 7) is 2.09. The third-order valence-electron chi connectivity index (χ3n) is 4.59. The molecule has 2 rings (SSSR count). The quantitative estimate of drug-likeness (QED) is 0.395. The van der Waals surface area contributed by atoms with Crippen LogP contribution in [0.15, 0.2) is 30.3 Å². The third kappa shape index (κ3) is 6.17. The van der Waals surface area contributed by atoms with E-state index in [2.05, 4.69) is 12.2 Å². The van der Waals surface area contributed by atoms with Gasteiger partial charge in [0.2, 0.25) is 5.91 Å². The number of carbonyl (C=O) groups is 2. The Morgan fingerprint density at radius 2 is 1.79 bits per heavy atom. The second-order valence-corrected chi connectivity index (χ2v) is 7.89. The van der Waals surface area contributed by atoms with Crippen LogP contribution in [0.4, 0.5) is 5.00 Å². The van der Waals surface area contributed by atoms with E-state index in [1.54, 1.807) is 25.3 Å². The molecule has 2 aromatic rings. The van der Waals surface area contributed by atoms with Crippen LogP contribution in [0.25, 0.3) is 0 Å². The van der Waals surface area contributed by atoms with Crippen molar-refractivity contribution in [2.45, 2.75) is 51.9 Å². The number of thiophene rings is 1. The van der Waals surface area contributed by atoms with Gasteiger partial charge in [0, 0.05) is 4.88 Å². The molecule has 1 aromatic heterocycles. The van der Waals surface area contributed by atoms with Gasteiger partial charge in [-0.3, -0.25) is 9.59 Å². The highest BCUT2D eigenvalue weighted by Gasteiger charge is 2.21. The first kappa shape index (κ1) is 22.1. The number of aryl methyl sites for hydroxylation is 1. The summed E-state index contributed by atoms with van der Waals surface area (Å²) in [5.74, 6) is 0.0598. The summed E-state index contributed by atoms with van der Waals surface area (Å²) in [5, 5.41) is 3.34. The average molecular weight is 403 g/mol. The van der Waals surface area contributed by atoms with Gasteiger partial charge < -0.3 is 15.8 Å². The normalized spacial score (nSPS) is 10.7. The molecule has 0 aliphatic rings. The molecular formula is C22H30N2O3S. The van der Waals surface area contributed by atoms with Crippen molar-refractivity contribution in [2.75, 3.05) is 19.0 Å². The van der Waals surface area contributed by atoms with E-state index in [1.165, 1.54) is 43.4 Å². The van der Waals surface area contributed by atoms with Crippen molar-refractivity contribution >= 4 is 28.0 Å². The molecule has 0 saturated heterocycles. The maximum Gasteiger partial charge on any atom is 0.238 e. The molecule has 0 fully saturated rings. The van der Waals surface area contributed by atoms with Crippen molar-refractivity contribution < 1.29 is 14.3 Å². The van der Waals surface area contributed by atoms with Crippen molar-refractivity contribution in [3.8, 4) is 5.75 Å². The highest BCUT2D eigenvalue weighted by molar-refractivity contribution is 7.16.